The van der Waals surface area contributed by atoms with Gasteiger partial charge in [-0.25, -0.2) is 12.8 Å². The van der Waals surface area contributed by atoms with E-state index in [0.717, 1.165) is 6.42 Å². The van der Waals surface area contributed by atoms with Gasteiger partial charge in [0.25, 0.3) is 0 Å². The first-order chi connectivity index (χ1) is 9.65. The van der Waals surface area contributed by atoms with E-state index in [0.29, 0.717) is 12.1 Å². The molecule has 4 nitrogen and oxygen atoms in total. The zero-order valence-corrected chi connectivity index (χ0v) is 14.1. The summed E-state index contributed by atoms with van der Waals surface area (Å²) in [7, 11) is -1.93. The highest BCUT2D eigenvalue weighted by Gasteiger charge is 2.39. The Balaban J connectivity index is 3.29. The Morgan fingerprint density at radius 3 is 2.43 bits per heavy atom. The minimum absolute atomic E-state index is 0.144. The molecule has 1 unspecified atom stereocenters. The van der Waals surface area contributed by atoms with Crippen LogP contribution in [0.15, 0.2) is 18.2 Å². The molecule has 6 heteroatoms. The first-order valence-corrected chi connectivity index (χ1v) is 8.80. The minimum Gasteiger partial charge on any atom is -0.494 e. The molecule has 1 aromatic carbocycles. The van der Waals surface area contributed by atoms with Gasteiger partial charge in [0.05, 0.1) is 17.9 Å². The van der Waals surface area contributed by atoms with Crippen molar-refractivity contribution in [1.29, 1.82) is 0 Å². The van der Waals surface area contributed by atoms with E-state index in [4.69, 9.17) is 4.74 Å². The summed E-state index contributed by atoms with van der Waals surface area (Å²) in [5.41, 5.74) is 0.595. The maximum absolute atomic E-state index is 13.9. The highest BCUT2D eigenvalue weighted by Crippen LogP contribution is 2.34. The summed E-state index contributed by atoms with van der Waals surface area (Å²) in [5.74, 6) is -0.354. The average Bonchev–Trinajstić information content (AvgIpc) is 2.37. The molecular formula is C15H24FNO3S. The van der Waals surface area contributed by atoms with Crippen molar-refractivity contribution in [1.82, 2.24) is 5.32 Å². The zero-order chi connectivity index (χ0) is 16.3. The molecule has 120 valence electrons. The second kappa shape index (κ2) is 6.75. The molecular weight excluding hydrogens is 293 g/mol. The van der Waals surface area contributed by atoms with Gasteiger partial charge in [0, 0.05) is 6.26 Å². The minimum atomic E-state index is -3.32. The molecule has 0 aliphatic carbocycles. The SMILES string of the molecule is CCCNC(c1ccc(OC)c(F)c1)C(C)(C)S(C)(=O)=O. The third kappa shape index (κ3) is 3.95. The van der Waals surface area contributed by atoms with Gasteiger partial charge in [-0.15, -0.1) is 0 Å². The Kier molecular flexibility index (Phi) is 5.75. The summed E-state index contributed by atoms with van der Waals surface area (Å²) >= 11 is 0. The third-order valence-corrected chi connectivity index (χ3v) is 5.91. The van der Waals surface area contributed by atoms with Crippen LogP contribution in [0.25, 0.3) is 0 Å². The van der Waals surface area contributed by atoms with Crippen molar-refractivity contribution in [3.63, 3.8) is 0 Å². The molecule has 0 heterocycles. The number of sulfone groups is 1. The van der Waals surface area contributed by atoms with Crippen LogP contribution < -0.4 is 10.1 Å². The standard InChI is InChI=1S/C15H24FNO3S/c1-6-9-17-14(15(2,3)21(5,18)19)11-7-8-13(20-4)12(16)10-11/h7-8,10,14,17H,6,9H2,1-5H3. The second-order valence-corrected chi connectivity index (χ2v) is 8.25. The van der Waals surface area contributed by atoms with Gasteiger partial charge in [-0.05, 0) is 44.5 Å². The Bertz CT molecular complexity index is 585. The number of ether oxygens (including phenoxy) is 1. The largest absolute Gasteiger partial charge is 0.494 e. The van der Waals surface area contributed by atoms with Gasteiger partial charge in [0.2, 0.25) is 0 Å². The van der Waals surface area contributed by atoms with Crippen LogP contribution in [0.5, 0.6) is 5.75 Å². The van der Waals surface area contributed by atoms with Gasteiger partial charge < -0.3 is 10.1 Å². The third-order valence-electron chi connectivity index (χ3n) is 3.76. The van der Waals surface area contributed by atoms with Crippen LogP contribution in [0.1, 0.15) is 38.8 Å². The van der Waals surface area contributed by atoms with Crippen LogP contribution in [-0.2, 0) is 9.84 Å². The van der Waals surface area contributed by atoms with Crippen molar-refractivity contribution in [2.24, 2.45) is 0 Å². The predicted molar refractivity (Wildman–Crippen MR) is 82.9 cm³/mol. The molecule has 0 aliphatic rings. The van der Waals surface area contributed by atoms with Crippen molar-refractivity contribution >= 4 is 9.84 Å². The van der Waals surface area contributed by atoms with Crippen LogP contribution in [0.3, 0.4) is 0 Å². The fourth-order valence-electron chi connectivity index (χ4n) is 2.13. The topological polar surface area (TPSA) is 55.4 Å². The number of nitrogens with one attached hydrogen (secondary N) is 1. The maximum atomic E-state index is 13.9. The van der Waals surface area contributed by atoms with Gasteiger partial charge in [0.15, 0.2) is 21.4 Å². The summed E-state index contributed by atoms with van der Waals surface area (Å²) in [6, 6.07) is 4.05. The summed E-state index contributed by atoms with van der Waals surface area (Å²) in [5, 5.41) is 3.21. The van der Waals surface area contributed by atoms with E-state index >= 15 is 0 Å². The molecule has 1 N–H and O–H groups in total. The highest BCUT2D eigenvalue weighted by molar-refractivity contribution is 7.92. The first kappa shape index (κ1) is 17.9. The Hall–Kier alpha value is -1.14. The van der Waals surface area contributed by atoms with Crippen LogP contribution in [0, 0.1) is 5.82 Å². The molecule has 0 aromatic heterocycles. The Morgan fingerprint density at radius 1 is 1.38 bits per heavy atom. The normalized spacial score (nSPS) is 14.0. The van der Waals surface area contributed by atoms with Crippen molar-refractivity contribution < 1.29 is 17.5 Å². The average molecular weight is 317 g/mol. The quantitative estimate of drug-likeness (QED) is 0.840. The molecule has 1 atom stereocenters. The second-order valence-electron chi connectivity index (χ2n) is 5.66. The van der Waals surface area contributed by atoms with Gasteiger partial charge in [-0.3, -0.25) is 0 Å². The van der Waals surface area contributed by atoms with E-state index in [9.17, 15) is 12.8 Å². The van der Waals surface area contributed by atoms with Crippen molar-refractivity contribution in [3.05, 3.63) is 29.6 Å². The van der Waals surface area contributed by atoms with Crippen LogP contribution in [0.4, 0.5) is 4.39 Å². The Labute approximate surface area is 126 Å². The molecule has 1 aromatic rings. The number of rotatable bonds is 7. The molecule has 0 radical (unpaired) electrons. The van der Waals surface area contributed by atoms with Gasteiger partial charge >= 0.3 is 0 Å². The lowest BCUT2D eigenvalue weighted by atomic mass is 9.94. The predicted octanol–water partition coefficient (Wildman–Crippen LogP) is 2.70. The van der Waals surface area contributed by atoms with E-state index in [1.807, 2.05) is 6.92 Å². The lowest BCUT2D eigenvalue weighted by molar-refractivity contribution is 0.382. The molecule has 1 rings (SSSR count). The smallest absolute Gasteiger partial charge is 0.165 e. The molecule has 0 aliphatic heterocycles. The molecule has 0 amide bonds. The van der Waals surface area contributed by atoms with Crippen molar-refractivity contribution in [2.45, 2.75) is 38.0 Å². The molecule has 0 saturated carbocycles. The van der Waals surface area contributed by atoms with Gasteiger partial charge in [-0.2, -0.15) is 0 Å². The summed E-state index contributed by atoms with van der Waals surface area (Å²) in [4.78, 5) is 0. The van der Waals surface area contributed by atoms with Crippen LogP contribution >= 0.6 is 0 Å². The van der Waals surface area contributed by atoms with Crippen LogP contribution in [-0.4, -0.2) is 33.1 Å². The molecule has 0 spiro atoms. The van der Waals surface area contributed by atoms with E-state index in [-0.39, 0.29) is 5.75 Å². The monoisotopic (exact) mass is 317 g/mol. The number of benzene rings is 1. The summed E-state index contributed by atoms with van der Waals surface area (Å²) in [6.07, 6.45) is 2.06. The molecule has 0 fully saturated rings. The number of halogens is 1. The van der Waals surface area contributed by atoms with Crippen molar-refractivity contribution in [2.75, 3.05) is 19.9 Å². The molecule has 0 bridgehead atoms. The lowest BCUT2D eigenvalue weighted by Gasteiger charge is -2.34. The van der Waals surface area contributed by atoms with E-state index in [1.165, 1.54) is 25.5 Å². The summed E-state index contributed by atoms with van der Waals surface area (Å²) < 4.78 is 41.9. The fraction of sp³-hybridized carbons (Fsp3) is 0.600. The summed E-state index contributed by atoms with van der Waals surface area (Å²) in [6.45, 7) is 5.94. The molecule has 21 heavy (non-hydrogen) atoms. The van der Waals surface area contributed by atoms with Gasteiger partial charge in [0.1, 0.15) is 0 Å². The van der Waals surface area contributed by atoms with E-state index in [2.05, 4.69) is 5.32 Å². The van der Waals surface area contributed by atoms with Crippen LogP contribution in [0.2, 0.25) is 0 Å². The maximum Gasteiger partial charge on any atom is 0.165 e. The lowest BCUT2D eigenvalue weighted by Crippen LogP contribution is -2.45. The number of hydrogen-bond donors (Lipinski definition) is 1. The number of hydrogen-bond acceptors (Lipinski definition) is 4. The van der Waals surface area contributed by atoms with Crippen molar-refractivity contribution in [3.8, 4) is 5.75 Å². The first-order valence-electron chi connectivity index (χ1n) is 6.91. The van der Waals surface area contributed by atoms with Gasteiger partial charge in [-0.1, -0.05) is 13.0 Å². The number of methoxy groups -OCH3 is 1. The van der Waals surface area contributed by atoms with E-state index in [1.54, 1.807) is 19.9 Å². The fourth-order valence-corrected chi connectivity index (χ4v) is 2.78. The van der Waals surface area contributed by atoms with E-state index < -0.39 is 26.4 Å². The Morgan fingerprint density at radius 2 is 2.00 bits per heavy atom. The highest BCUT2D eigenvalue weighted by atomic mass is 32.2. The molecule has 0 saturated heterocycles. The zero-order valence-electron chi connectivity index (χ0n) is 13.2.